The second-order valence-electron chi connectivity index (χ2n) is 3.02. The molecule has 1 rings (SSSR count). The smallest absolute Gasteiger partial charge is 0.303 e. The highest BCUT2D eigenvalue weighted by molar-refractivity contribution is 9.08. The first-order valence-corrected chi connectivity index (χ1v) is 5.48. The third-order valence-electron chi connectivity index (χ3n) is 1.78. The van der Waals surface area contributed by atoms with Crippen molar-refractivity contribution in [3.63, 3.8) is 0 Å². The Kier molecular flexibility index (Phi) is 4.08. The first kappa shape index (κ1) is 12.0. The highest BCUT2D eigenvalue weighted by atomic mass is 79.9. The van der Waals surface area contributed by atoms with Gasteiger partial charge in [0.1, 0.15) is 18.1 Å². The first-order valence-electron chi connectivity index (χ1n) is 4.36. The minimum atomic E-state index is -0.379. The van der Waals surface area contributed by atoms with Crippen molar-refractivity contribution in [1.29, 1.82) is 0 Å². The Morgan fingerprint density at radius 1 is 1.47 bits per heavy atom. The standard InChI is InChI=1S/C10H11BrO4/c1-6(12)9-3-8(5-14-7(2)13)15-10(9)4-11/h3H,4-5H2,1-2H3. The van der Waals surface area contributed by atoms with Crippen LogP contribution in [0.4, 0.5) is 0 Å². The number of hydrogen-bond donors (Lipinski definition) is 0. The van der Waals surface area contributed by atoms with Crippen LogP contribution in [0.5, 0.6) is 0 Å². The average Bonchev–Trinajstić information content (AvgIpc) is 2.57. The lowest BCUT2D eigenvalue weighted by Gasteiger charge is -1.96. The summed E-state index contributed by atoms with van der Waals surface area (Å²) in [6, 6.07) is 1.60. The Bertz CT molecular complexity index is 381. The first-order chi connectivity index (χ1) is 7.04. The molecule has 0 atom stereocenters. The van der Waals surface area contributed by atoms with Gasteiger partial charge in [-0.1, -0.05) is 15.9 Å². The monoisotopic (exact) mass is 274 g/mol. The predicted molar refractivity (Wildman–Crippen MR) is 56.8 cm³/mol. The molecule has 0 saturated heterocycles. The van der Waals surface area contributed by atoms with Crippen molar-refractivity contribution in [2.24, 2.45) is 0 Å². The van der Waals surface area contributed by atoms with E-state index in [1.165, 1.54) is 13.8 Å². The fourth-order valence-corrected chi connectivity index (χ4v) is 1.54. The van der Waals surface area contributed by atoms with Gasteiger partial charge in [-0.3, -0.25) is 9.59 Å². The summed E-state index contributed by atoms with van der Waals surface area (Å²) in [5, 5.41) is 0.460. The van der Waals surface area contributed by atoms with Crippen LogP contribution in [0.25, 0.3) is 0 Å². The summed E-state index contributed by atoms with van der Waals surface area (Å²) in [5.74, 6) is 0.591. The lowest BCUT2D eigenvalue weighted by molar-refractivity contribution is -0.142. The number of rotatable bonds is 4. The van der Waals surface area contributed by atoms with Crippen LogP contribution in [-0.2, 0) is 21.5 Å². The molecular formula is C10H11BrO4. The van der Waals surface area contributed by atoms with Crippen molar-refractivity contribution in [3.05, 3.63) is 23.2 Å². The van der Waals surface area contributed by atoms with Crippen LogP contribution in [0.2, 0.25) is 0 Å². The fraction of sp³-hybridized carbons (Fsp3) is 0.400. The molecule has 0 aliphatic rings. The Morgan fingerprint density at radius 2 is 2.13 bits per heavy atom. The molecule has 0 fully saturated rings. The maximum Gasteiger partial charge on any atom is 0.303 e. The van der Waals surface area contributed by atoms with E-state index < -0.39 is 0 Å². The van der Waals surface area contributed by atoms with Crippen LogP contribution in [0.3, 0.4) is 0 Å². The maximum absolute atomic E-state index is 11.2. The van der Waals surface area contributed by atoms with E-state index >= 15 is 0 Å². The number of halogens is 1. The van der Waals surface area contributed by atoms with Gasteiger partial charge in [-0.05, 0) is 13.0 Å². The van der Waals surface area contributed by atoms with E-state index in [9.17, 15) is 9.59 Å². The molecule has 4 nitrogen and oxygen atoms in total. The molecule has 82 valence electrons. The zero-order chi connectivity index (χ0) is 11.4. The molecule has 0 aliphatic carbocycles. The minimum Gasteiger partial charge on any atom is -0.461 e. The van der Waals surface area contributed by atoms with E-state index in [1.54, 1.807) is 6.07 Å². The Morgan fingerprint density at radius 3 is 2.53 bits per heavy atom. The second kappa shape index (κ2) is 5.11. The van der Waals surface area contributed by atoms with Gasteiger partial charge in [0.15, 0.2) is 5.78 Å². The quantitative estimate of drug-likeness (QED) is 0.481. The SMILES string of the molecule is CC(=O)OCc1cc(C(C)=O)c(CBr)o1. The zero-order valence-corrected chi connectivity index (χ0v) is 10.1. The third kappa shape index (κ3) is 3.20. The Hall–Kier alpha value is -1.10. The molecular weight excluding hydrogens is 264 g/mol. The summed E-state index contributed by atoms with van der Waals surface area (Å²) in [6.07, 6.45) is 0. The van der Waals surface area contributed by atoms with E-state index in [2.05, 4.69) is 15.9 Å². The number of furan rings is 1. The van der Waals surface area contributed by atoms with Gasteiger partial charge >= 0.3 is 5.97 Å². The molecule has 0 bridgehead atoms. The van der Waals surface area contributed by atoms with Gasteiger partial charge in [0.2, 0.25) is 0 Å². The normalized spacial score (nSPS) is 10.1. The molecule has 15 heavy (non-hydrogen) atoms. The lowest BCUT2D eigenvalue weighted by Crippen LogP contribution is -1.97. The van der Waals surface area contributed by atoms with Crippen molar-refractivity contribution >= 4 is 27.7 Å². The summed E-state index contributed by atoms with van der Waals surface area (Å²) >= 11 is 3.22. The zero-order valence-electron chi connectivity index (χ0n) is 8.50. The molecule has 1 heterocycles. The van der Waals surface area contributed by atoms with Gasteiger partial charge < -0.3 is 9.15 Å². The van der Waals surface area contributed by atoms with Crippen molar-refractivity contribution in [2.45, 2.75) is 25.8 Å². The van der Waals surface area contributed by atoms with Gasteiger partial charge in [0, 0.05) is 6.92 Å². The highest BCUT2D eigenvalue weighted by Gasteiger charge is 2.14. The molecule has 0 aliphatic heterocycles. The van der Waals surface area contributed by atoms with Crippen LogP contribution in [0, 0.1) is 0 Å². The van der Waals surface area contributed by atoms with Gasteiger partial charge in [0.05, 0.1) is 10.9 Å². The van der Waals surface area contributed by atoms with Crippen LogP contribution in [0.1, 0.15) is 35.7 Å². The Labute approximate surface area is 95.7 Å². The van der Waals surface area contributed by atoms with Crippen molar-refractivity contribution in [2.75, 3.05) is 0 Å². The number of esters is 1. The molecule has 0 unspecified atom stereocenters. The second-order valence-corrected chi connectivity index (χ2v) is 3.58. The third-order valence-corrected chi connectivity index (χ3v) is 2.29. The van der Waals surface area contributed by atoms with Crippen molar-refractivity contribution in [3.8, 4) is 0 Å². The van der Waals surface area contributed by atoms with Gasteiger partial charge in [0.25, 0.3) is 0 Å². The maximum atomic E-state index is 11.2. The van der Waals surface area contributed by atoms with E-state index in [4.69, 9.17) is 9.15 Å². The van der Waals surface area contributed by atoms with Gasteiger partial charge in [-0.15, -0.1) is 0 Å². The molecule has 0 N–H and O–H groups in total. The number of ether oxygens (including phenoxy) is 1. The Balaban J connectivity index is 2.83. The van der Waals surface area contributed by atoms with E-state index in [-0.39, 0.29) is 18.4 Å². The number of hydrogen-bond acceptors (Lipinski definition) is 4. The molecule has 0 radical (unpaired) electrons. The number of ketones is 1. The lowest BCUT2D eigenvalue weighted by atomic mass is 10.2. The van der Waals surface area contributed by atoms with Crippen LogP contribution < -0.4 is 0 Å². The number of carbonyl (C=O) groups is 2. The molecule has 1 aromatic rings. The number of alkyl halides is 1. The predicted octanol–water partition coefficient (Wildman–Crippen LogP) is 2.44. The molecule has 5 heteroatoms. The van der Waals surface area contributed by atoms with E-state index in [0.29, 0.717) is 22.4 Å². The summed E-state index contributed by atoms with van der Waals surface area (Å²) in [7, 11) is 0. The largest absolute Gasteiger partial charge is 0.461 e. The van der Waals surface area contributed by atoms with Gasteiger partial charge in [-0.2, -0.15) is 0 Å². The summed E-state index contributed by atoms with van der Waals surface area (Å²) in [5.41, 5.74) is 0.522. The highest BCUT2D eigenvalue weighted by Crippen LogP contribution is 2.19. The van der Waals surface area contributed by atoms with E-state index in [1.807, 2.05) is 0 Å². The van der Waals surface area contributed by atoms with Crippen LogP contribution in [-0.4, -0.2) is 11.8 Å². The van der Waals surface area contributed by atoms with Crippen LogP contribution >= 0.6 is 15.9 Å². The van der Waals surface area contributed by atoms with Crippen molar-refractivity contribution in [1.82, 2.24) is 0 Å². The fourth-order valence-electron chi connectivity index (χ4n) is 1.13. The van der Waals surface area contributed by atoms with Crippen molar-refractivity contribution < 1.29 is 18.7 Å². The minimum absolute atomic E-state index is 0.0581. The number of carbonyl (C=O) groups excluding carboxylic acids is 2. The average molecular weight is 275 g/mol. The topological polar surface area (TPSA) is 56.5 Å². The summed E-state index contributed by atoms with van der Waals surface area (Å²) in [6.45, 7) is 2.84. The number of Topliss-reactive ketones (excluding diaryl/α,β-unsaturated/α-hetero) is 1. The molecule has 0 aromatic carbocycles. The molecule has 1 aromatic heterocycles. The summed E-state index contributed by atoms with van der Waals surface area (Å²) in [4.78, 5) is 21.8. The summed E-state index contributed by atoms with van der Waals surface area (Å²) < 4.78 is 10.1. The van der Waals surface area contributed by atoms with Gasteiger partial charge in [-0.25, -0.2) is 0 Å². The molecule has 0 spiro atoms. The van der Waals surface area contributed by atoms with E-state index in [0.717, 1.165) is 0 Å². The van der Waals surface area contributed by atoms with Crippen LogP contribution in [0.15, 0.2) is 10.5 Å². The molecule has 0 saturated carbocycles. The molecule has 0 amide bonds.